The molecule has 6 heteroatoms. The van der Waals surface area contributed by atoms with Gasteiger partial charge in [-0.1, -0.05) is 25.8 Å². The summed E-state index contributed by atoms with van der Waals surface area (Å²) in [7, 11) is 0. The first kappa shape index (κ1) is 21.5. The highest BCUT2D eigenvalue weighted by Crippen LogP contribution is 2.16. The van der Waals surface area contributed by atoms with Crippen molar-refractivity contribution in [2.75, 3.05) is 13.2 Å². The molecule has 0 radical (unpaired) electrons. The first-order chi connectivity index (χ1) is 9.49. The Balaban J connectivity index is 0. The van der Waals surface area contributed by atoms with Gasteiger partial charge in [-0.05, 0) is 13.3 Å². The van der Waals surface area contributed by atoms with Crippen molar-refractivity contribution in [2.45, 2.75) is 57.5 Å². The van der Waals surface area contributed by atoms with Gasteiger partial charge in [-0.25, -0.2) is 0 Å². The van der Waals surface area contributed by atoms with E-state index < -0.39 is 31.0 Å². The molecular weight excluding hydrogens is 264 g/mol. The lowest BCUT2D eigenvalue weighted by Crippen LogP contribution is -2.40. The number of ether oxygens (including phenoxy) is 1. The maximum atomic E-state index is 9.11. The fourth-order valence-corrected chi connectivity index (χ4v) is 1.42. The number of aldehydes is 1. The van der Waals surface area contributed by atoms with Crippen LogP contribution < -0.4 is 0 Å². The smallest absolute Gasteiger partial charge is 0.116 e. The van der Waals surface area contributed by atoms with Gasteiger partial charge in [-0.3, -0.25) is 0 Å². The van der Waals surface area contributed by atoms with E-state index in [2.05, 4.69) is 13.5 Å². The second kappa shape index (κ2) is 14.6. The number of hydrogen-bond donors (Lipinski definition) is 4. The Bertz CT molecular complexity index is 234. The van der Waals surface area contributed by atoms with Crippen LogP contribution >= 0.6 is 0 Å². The van der Waals surface area contributed by atoms with Crippen LogP contribution in [-0.2, 0) is 9.53 Å². The van der Waals surface area contributed by atoms with Crippen LogP contribution in [0.25, 0.3) is 0 Å². The van der Waals surface area contributed by atoms with E-state index in [9.17, 15) is 0 Å². The lowest BCUT2D eigenvalue weighted by molar-refractivity contribution is -0.106. The van der Waals surface area contributed by atoms with Crippen molar-refractivity contribution in [3.05, 3.63) is 12.7 Å². The number of rotatable bonds is 5. The molecule has 4 N–H and O–H groups in total. The van der Waals surface area contributed by atoms with Crippen LogP contribution in [0.15, 0.2) is 12.7 Å². The molecule has 1 aliphatic rings. The van der Waals surface area contributed by atoms with Gasteiger partial charge in [0.1, 0.15) is 30.7 Å². The first-order valence-electron chi connectivity index (χ1n) is 6.77. The Kier molecular flexibility index (Phi) is 15.7. The fraction of sp³-hybridized carbons (Fsp3) is 0.786. The summed E-state index contributed by atoms with van der Waals surface area (Å²) in [6.45, 7) is 6.75. The summed E-state index contributed by atoms with van der Waals surface area (Å²) in [6.07, 6.45) is 2.42. The Labute approximate surface area is 120 Å². The molecule has 20 heavy (non-hydrogen) atoms. The number of allylic oxidation sites excluding steroid dienone is 1. The van der Waals surface area contributed by atoms with Crippen LogP contribution in [0.2, 0.25) is 0 Å². The summed E-state index contributed by atoms with van der Waals surface area (Å²) in [4.78, 5) is 8.81. The molecule has 0 saturated carbocycles. The highest BCUT2D eigenvalue weighted by molar-refractivity contribution is 5.44. The van der Waals surface area contributed by atoms with Gasteiger partial charge in [-0.15, -0.1) is 6.58 Å². The molecule has 1 aliphatic heterocycles. The summed E-state index contributed by atoms with van der Waals surface area (Å²) in [5.41, 5.74) is 0. The third-order valence-electron chi connectivity index (χ3n) is 2.52. The van der Waals surface area contributed by atoms with Crippen LogP contribution in [0.1, 0.15) is 33.1 Å². The zero-order chi connectivity index (χ0) is 16.0. The van der Waals surface area contributed by atoms with Crippen molar-refractivity contribution < 1.29 is 30.0 Å². The molecule has 0 spiro atoms. The number of carbonyl (C=O) groups is 1. The fourth-order valence-electron chi connectivity index (χ4n) is 1.42. The molecule has 0 aliphatic carbocycles. The van der Waals surface area contributed by atoms with Gasteiger partial charge in [-0.2, -0.15) is 0 Å². The van der Waals surface area contributed by atoms with Gasteiger partial charge in [0.25, 0.3) is 0 Å². The van der Waals surface area contributed by atoms with E-state index >= 15 is 0 Å². The van der Waals surface area contributed by atoms with Gasteiger partial charge in [0.05, 0.1) is 13.2 Å². The van der Waals surface area contributed by atoms with E-state index in [-0.39, 0.29) is 6.61 Å². The maximum absolute atomic E-state index is 9.11. The molecule has 0 bridgehead atoms. The normalized spacial score (nSPS) is 25.6. The summed E-state index contributed by atoms with van der Waals surface area (Å²) < 4.78 is 4.82. The number of aliphatic hydroxyl groups excluding tert-OH is 4. The zero-order valence-electron chi connectivity index (χ0n) is 12.3. The minimum atomic E-state index is -1.12. The highest BCUT2D eigenvalue weighted by atomic mass is 16.5. The SMILES string of the molecule is C=CCCCC.CC=O.OC[C@@H](O)[C@H]1OCC(O)[C@H]1O. The topological polar surface area (TPSA) is 107 Å². The molecule has 4 atom stereocenters. The van der Waals surface area contributed by atoms with Gasteiger partial charge in [0.15, 0.2) is 0 Å². The van der Waals surface area contributed by atoms with Crippen molar-refractivity contribution in [1.82, 2.24) is 0 Å². The average molecular weight is 292 g/mol. The molecule has 1 saturated heterocycles. The summed E-state index contributed by atoms with van der Waals surface area (Å²) >= 11 is 0. The molecule has 1 heterocycles. The van der Waals surface area contributed by atoms with Crippen molar-refractivity contribution >= 4 is 6.29 Å². The summed E-state index contributed by atoms with van der Waals surface area (Å²) in [5, 5.41) is 35.5. The average Bonchev–Trinajstić information content (AvgIpc) is 2.77. The number of carbonyl (C=O) groups excluding carboxylic acids is 1. The molecule has 0 amide bonds. The molecule has 120 valence electrons. The lowest BCUT2D eigenvalue weighted by Gasteiger charge is -2.18. The van der Waals surface area contributed by atoms with E-state index in [0.29, 0.717) is 0 Å². The largest absolute Gasteiger partial charge is 0.394 e. The van der Waals surface area contributed by atoms with Gasteiger partial charge in [0.2, 0.25) is 0 Å². The van der Waals surface area contributed by atoms with E-state index in [0.717, 1.165) is 6.29 Å². The molecule has 1 unspecified atom stereocenters. The Morgan fingerprint density at radius 3 is 2.25 bits per heavy atom. The quantitative estimate of drug-likeness (QED) is 0.323. The minimum Gasteiger partial charge on any atom is -0.394 e. The Hall–Kier alpha value is -0.790. The summed E-state index contributed by atoms with van der Waals surface area (Å²) in [6, 6.07) is 0. The van der Waals surface area contributed by atoms with E-state index in [1.165, 1.54) is 26.2 Å². The third-order valence-corrected chi connectivity index (χ3v) is 2.52. The predicted octanol–water partition coefficient (Wildman–Crippen LogP) is 0.0280. The predicted molar refractivity (Wildman–Crippen MR) is 76.3 cm³/mol. The van der Waals surface area contributed by atoms with Crippen LogP contribution in [0.5, 0.6) is 0 Å². The first-order valence-corrected chi connectivity index (χ1v) is 6.77. The molecule has 1 rings (SSSR count). The molecule has 1 fully saturated rings. The van der Waals surface area contributed by atoms with Crippen LogP contribution in [0.4, 0.5) is 0 Å². The van der Waals surface area contributed by atoms with Gasteiger partial charge < -0.3 is 30.0 Å². The lowest BCUT2D eigenvalue weighted by atomic mass is 10.1. The van der Waals surface area contributed by atoms with Crippen molar-refractivity contribution in [3.63, 3.8) is 0 Å². The highest BCUT2D eigenvalue weighted by Gasteiger charge is 2.38. The molecule has 0 aromatic rings. The van der Waals surface area contributed by atoms with Crippen molar-refractivity contribution in [2.24, 2.45) is 0 Å². The maximum Gasteiger partial charge on any atom is 0.116 e. The second-order valence-electron chi connectivity index (χ2n) is 4.27. The van der Waals surface area contributed by atoms with E-state index in [1.807, 2.05) is 6.08 Å². The number of hydrogen-bond acceptors (Lipinski definition) is 6. The number of unbranched alkanes of at least 4 members (excludes halogenated alkanes) is 2. The molecular formula is C14H28O6. The third kappa shape index (κ3) is 10.1. The minimum absolute atomic E-state index is 0.00287. The van der Waals surface area contributed by atoms with Crippen LogP contribution in [0, 0.1) is 0 Å². The van der Waals surface area contributed by atoms with E-state index in [1.54, 1.807) is 0 Å². The molecule has 0 aromatic carbocycles. The standard InChI is InChI=1S/C6H12O5.C6H12.C2H4O/c7-1-3(8)6-5(10)4(9)2-11-6;1-3-5-6-4-2;1-2-3/h3-10H,1-2H2;3H,1,4-6H2,2H3;2H,1H3/t3-,4?,5-,6-;;/m1../s1. The number of aliphatic hydroxyl groups is 4. The summed E-state index contributed by atoms with van der Waals surface area (Å²) in [5.74, 6) is 0. The van der Waals surface area contributed by atoms with Gasteiger partial charge in [0, 0.05) is 0 Å². The van der Waals surface area contributed by atoms with Crippen molar-refractivity contribution in [3.8, 4) is 0 Å². The molecule has 0 aromatic heterocycles. The Morgan fingerprint density at radius 2 is 2.00 bits per heavy atom. The van der Waals surface area contributed by atoms with Crippen LogP contribution in [0.3, 0.4) is 0 Å². The Morgan fingerprint density at radius 1 is 1.45 bits per heavy atom. The van der Waals surface area contributed by atoms with Crippen molar-refractivity contribution in [1.29, 1.82) is 0 Å². The monoisotopic (exact) mass is 292 g/mol. The molecule has 6 nitrogen and oxygen atoms in total. The van der Waals surface area contributed by atoms with E-state index in [4.69, 9.17) is 30.0 Å². The van der Waals surface area contributed by atoms with Gasteiger partial charge >= 0.3 is 0 Å². The van der Waals surface area contributed by atoms with Crippen LogP contribution in [-0.4, -0.2) is 64.3 Å². The second-order valence-corrected chi connectivity index (χ2v) is 4.27. The zero-order valence-corrected chi connectivity index (χ0v) is 12.3.